The van der Waals surface area contributed by atoms with Crippen LogP contribution in [0.25, 0.3) is 0 Å². The number of benzene rings is 3. The number of hydrogen-bond acceptors (Lipinski definition) is 2. The number of piperazine rings is 1. The summed E-state index contributed by atoms with van der Waals surface area (Å²) in [6.07, 6.45) is 0. The molecule has 4 heteroatoms. The van der Waals surface area contributed by atoms with Gasteiger partial charge in [0.05, 0.1) is 6.04 Å². The molecule has 1 atom stereocenters. The van der Waals surface area contributed by atoms with Crippen LogP contribution in [0, 0.1) is 13.8 Å². The molecule has 2 amide bonds. The highest BCUT2D eigenvalue weighted by Gasteiger charge is 2.29. The van der Waals surface area contributed by atoms with Crippen LogP contribution in [0.1, 0.15) is 28.3 Å². The predicted octanol–water partition coefficient (Wildman–Crippen LogP) is 5.24. The monoisotopic (exact) mass is 399 g/mol. The smallest absolute Gasteiger partial charge is 0.321 e. The molecule has 0 spiro atoms. The minimum absolute atomic E-state index is 0.0244. The van der Waals surface area contributed by atoms with Crippen LogP contribution < -0.4 is 5.32 Å². The van der Waals surface area contributed by atoms with Gasteiger partial charge in [-0.25, -0.2) is 4.79 Å². The van der Waals surface area contributed by atoms with E-state index in [0.717, 1.165) is 18.8 Å². The van der Waals surface area contributed by atoms with Crippen molar-refractivity contribution in [1.29, 1.82) is 0 Å². The number of amides is 2. The number of urea groups is 1. The third-order valence-electron chi connectivity index (χ3n) is 5.87. The van der Waals surface area contributed by atoms with Crippen LogP contribution in [-0.4, -0.2) is 42.0 Å². The number of nitrogens with one attached hydrogen (secondary N) is 1. The van der Waals surface area contributed by atoms with Crippen molar-refractivity contribution in [2.75, 3.05) is 31.5 Å². The summed E-state index contributed by atoms with van der Waals surface area (Å²) in [5, 5.41) is 3.00. The Labute approximate surface area is 179 Å². The second-order valence-electron chi connectivity index (χ2n) is 7.99. The third kappa shape index (κ3) is 4.55. The Morgan fingerprint density at radius 3 is 2.10 bits per heavy atom. The Balaban J connectivity index is 1.50. The van der Waals surface area contributed by atoms with E-state index in [0.29, 0.717) is 13.1 Å². The fourth-order valence-corrected chi connectivity index (χ4v) is 4.14. The van der Waals surface area contributed by atoms with Gasteiger partial charge in [0.15, 0.2) is 0 Å². The first-order valence-corrected chi connectivity index (χ1v) is 10.6. The zero-order valence-electron chi connectivity index (χ0n) is 17.7. The molecule has 1 aliphatic rings. The highest BCUT2D eigenvalue weighted by Crippen LogP contribution is 2.32. The summed E-state index contributed by atoms with van der Waals surface area (Å²) in [5.41, 5.74) is 6.04. The zero-order valence-corrected chi connectivity index (χ0v) is 17.7. The van der Waals surface area contributed by atoms with Crippen molar-refractivity contribution in [1.82, 2.24) is 9.80 Å². The van der Waals surface area contributed by atoms with Crippen molar-refractivity contribution < 1.29 is 4.79 Å². The second kappa shape index (κ2) is 9.14. The third-order valence-corrected chi connectivity index (χ3v) is 5.87. The van der Waals surface area contributed by atoms with E-state index < -0.39 is 0 Å². The van der Waals surface area contributed by atoms with Crippen LogP contribution in [0.2, 0.25) is 0 Å². The van der Waals surface area contributed by atoms with E-state index in [2.05, 4.69) is 72.6 Å². The van der Waals surface area contributed by atoms with E-state index in [1.807, 2.05) is 35.2 Å². The number of anilines is 1. The topological polar surface area (TPSA) is 35.6 Å². The molecule has 1 N–H and O–H groups in total. The van der Waals surface area contributed by atoms with Gasteiger partial charge in [-0.15, -0.1) is 0 Å². The van der Waals surface area contributed by atoms with Crippen molar-refractivity contribution >= 4 is 11.7 Å². The summed E-state index contributed by atoms with van der Waals surface area (Å²) in [6, 6.07) is 27.3. The lowest BCUT2D eigenvalue weighted by Gasteiger charge is -2.40. The Morgan fingerprint density at radius 2 is 1.43 bits per heavy atom. The molecule has 1 fully saturated rings. The van der Waals surface area contributed by atoms with Crippen molar-refractivity contribution in [2.24, 2.45) is 0 Å². The molecule has 3 aromatic carbocycles. The first-order valence-electron chi connectivity index (χ1n) is 10.6. The van der Waals surface area contributed by atoms with E-state index >= 15 is 0 Å². The van der Waals surface area contributed by atoms with Gasteiger partial charge in [-0.1, -0.05) is 72.3 Å². The summed E-state index contributed by atoms with van der Waals surface area (Å²) in [7, 11) is 0. The fraction of sp³-hybridized carbons (Fsp3) is 0.269. The summed E-state index contributed by atoms with van der Waals surface area (Å²) in [4.78, 5) is 17.1. The van der Waals surface area contributed by atoms with E-state index in [9.17, 15) is 4.79 Å². The lowest BCUT2D eigenvalue weighted by Crippen LogP contribution is -2.51. The Kier molecular flexibility index (Phi) is 6.15. The number of carbonyl (C=O) groups is 1. The molecular weight excluding hydrogens is 370 g/mol. The summed E-state index contributed by atoms with van der Waals surface area (Å²) < 4.78 is 0. The van der Waals surface area contributed by atoms with Crippen molar-refractivity contribution in [2.45, 2.75) is 19.9 Å². The van der Waals surface area contributed by atoms with E-state index in [4.69, 9.17) is 0 Å². The zero-order chi connectivity index (χ0) is 20.9. The number of aryl methyl sites for hydroxylation is 2. The predicted molar refractivity (Wildman–Crippen MR) is 123 cm³/mol. The van der Waals surface area contributed by atoms with Crippen LogP contribution in [0.4, 0.5) is 10.5 Å². The molecule has 1 heterocycles. The van der Waals surface area contributed by atoms with E-state index in [-0.39, 0.29) is 12.1 Å². The SMILES string of the molecule is Cc1ccc([C@H](c2ccccc2C)N2CCN(C(=O)Nc3ccccc3)CC2)cc1. The molecule has 0 saturated carbocycles. The van der Waals surface area contributed by atoms with Crippen LogP contribution in [0.15, 0.2) is 78.9 Å². The van der Waals surface area contributed by atoms with Gasteiger partial charge >= 0.3 is 6.03 Å². The van der Waals surface area contributed by atoms with Crippen molar-refractivity contribution in [3.8, 4) is 0 Å². The van der Waals surface area contributed by atoms with E-state index in [1.165, 1.54) is 22.3 Å². The Hall–Kier alpha value is -3.11. The number of carbonyl (C=O) groups excluding carboxylic acids is 1. The molecule has 4 nitrogen and oxygen atoms in total. The molecule has 4 rings (SSSR count). The highest BCUT2D eigenvalue weighted by molar-refractivity contribution is 5.89. The van der Waals surface area contributed by atoms with Gasteiger partial charge in [0.2, 0.25) is 0 Å². The number of nitrogens with zero attached hydrogens (tertiary/aromatic N) is 2. The molecule has 3 aromatic rings. The Morgan fingerprint density at radius 1 is 0.800 bits per heavy atom. The molecule has 1 saturated heterocycles. The van der Waals surface area contributed by atoms with Gasteiger partial charge in [0, 0.05) is 31.9 Å². The van der Waals surface area contributed by atoms with Crippen LogP contribution in [-0.2, 0) is 0 Å². The standard InChI is InChI=1S/C26H29N3O/c1-20-12-14-22(15-13-20)25(24-11-7-6-8-21(24)2)28-16-18-29(19-17-28)26(30)27-23-9-4-3-5-10-23/h3-15,25H,16-19H2,1-2H3,(H,27,30)/t25-/m1/s1. The van der Waals surface area contributed by atoms with Crippen molar-refractivity contribution in [3.05, 3.63) is 101 Å². The minimum atomic E-state index is -0.0244. The van der Waals surface area contributed by atoms with Gasteiger partial charge in [0.25, 0.3) is 0 Å². The molecule has 1 aliphatic heterocycles. The minimum Gasteiger partial charge on any atom is -0.322 e. The highest BCUT2D eigenvalue weighted by atomic mass is 16.2. The largest absolute Gasteiger partial charge is 0.322 e. The molecule has 30 heavy (non-hydrogen) atoms. The maximum absolute atomic E-state index is 12.7. The van der Waals surface area contributed by atoms with E-state index in [1.54, 1.807) is 0 Å². The van der Waals surface area contributed by atoms with Gasteiger partial charge in [0.1, 0.15) is 0 Å². The maximum atomic E-state index is 12.7. The molecule has 0 bridgehead atoms. The van der Waals surface area contributed by atoms with Crippen LogP contribution in [0.3, 0.4) is 0 Å². The lowest BCUT2D eigenvalue weighted by atomic mass is 9.92. The number of para-hydroxylation sites is 1. The van der Waals surface area contributed by atoms with Crippen LogP contribution in [0.5, 0.6) is 0 Å². The number of rotatable bonds is 4. The van der Waals surface area contributed by atoms with Crippen LogP contribution >= 0.6 is 0 Å². The first kappa shape index (κ1) is 20.2. The Bertz CT molecular complexity index is 977. The quantitative estimate of drug-likeness (QED) is 0.651. The molecular formula is C26H29N3O. The summed E-state index contributed by atoms with van der Waals surface area (Å²) >= 11 is 0. The summed E-state index contributed by atoms with van der Waals surface area (Å²) in [5.74, 6) is 0. The van der Waals surface area contributed by atoms with Gasteiger partial charge in [-0.05, 0) is 42.7 Å². The lowest BCUT2D eigenvalue weighted by molar-refractivity contribution is 0.126. The molecule has 0 aliphatic carbocycles. The summed E-state index contributed by atoms with van der Waals surface area (Å²) in [6.45, 7) is 7.42. The maximum Gasteiger partial charge on any atom is 0.321 e. The second-order valence-corrected chi connectivity index (χ2v) is 7.99. The number of hydrogen-bond donors (Lipinski definition) is 1. The van der Waals surface area contributed by atoms with Gasteiger partial charge in [-0.3, -0.25) is 4.90 Å². The van der Waals surface area contributed by atoms with Crippen molar-refractivity contribution in [3.63, 3.8) is 0 Å². The van der Waals surface area contributed by atoms with Gasteiger partial charge in [-0.2, -0.15) is 0 Å². The molecule has 0 aromatic heterocycles. The average molecular weight is 400 g/mol. The average Bonchev–Trinajstić information content (AvgIpc) is 2.78. The molecule has 0 unspecified atom stereocenters. The first-order chi connectivity index (χ1) is 14.6. The normalized spacial score (nSPS) is 15.6. The molecule has 0 radical (unpaired) electrons. The molecule has 154 valence electrons. The van der Waals surface area contributed by atoms with Gasteiger partial charge < -0.3 is 10.2 Å². The fourth-order valence-electron chi connectivity index (χ4n) is 4.14.